The van der Waals surface area contributed by atoms with Crippen molar-refractivity contribution in [2.45, 2.75) is 32.3 Å². The third-order valence-corrected chi connectivity index (χ3v) is 3.72. The van der Waals surface area contributed by atoms with Crippen molar-refractivity contribution < 1.29 is 13.9 Å². The molecule has 0 bridgehead atoms. The van der Waals surface area contributed by atoms with Gasteiger partial charge in [-0.05, 0) is 56.5 Å². The summed E-state index contributed by atoms with van der Waals surface area (Å²) in [7, 11) is 0. The predicted molar refractivity (Wildman–Crippen MR) is 86.9 cm³/mol. The van der Waals surface area contributed by atoms with Crippen LogP contribution in [0, 0.1) is 12.7 Å². The number of hydrogen-bond acceptors (Lipinski definition) is 3. The van der Waals surface area contributed by atoms with E-state index >= 15 is 0 Å². The van der Waals surface area contributed by atoms with Crippen LogP contribution in [0.25, 0.3) is 0 Å². The Bertz CT molecular complexity index is 471. The third-order valence-electron chi connectivity index (χ3n) is 3.72. The van der Waals surface area contributed by atoms with Crippen LogP contribution in [0.4, 0.5) is 4.39 Å². The average molecular weight is 331 g/mol. The van der Waals surface area contributed by atoms with Crippen LogP contribution in [0.2, 0.25) is 0 Å². The van der Waals surface area contributed by atoms with Crippen molar-refractivity contribution in [3.05, 3.63) is 35.1 Å². The summed E-state index contributed by atoms with van der Waals surface area (Å²) in [6, 6.07) is 4.46. The minimum Gasteiger partial charge on any atom is -0.378 e. The molecular formula is C16H24ClFN2O2. The predicted octanol–water partition coefficient (Wildman–Crippen LogP) is 2.53. The number of halogens is 2. The summed E-state index contributed by atoms with van der Waals surface area (Å²) in [5.41, 5.74) is 6.62. The SMILES string of the molecule is Cc1cc(F)cc(C(=O)N2CCC(OCCCN)CC2)c1.Cl. The van der Waals surface area contributed by atoms with E-state index in [4.69, 9.17) is 10.5 Å². The van der Waals surface area contributed by atoms with Crippen molar-refractivity contribution >= 4 is 18.3 Å². The van der Waals surface area contributed by atoms with Crippen molar-refractivity contribution in [3.63, 3.8) is 0 Å². The van der Waals surface area contributed by atoms with Gasteiger partial charge in [0.1, 0.15) is 5.82 Å². The van der Waals surface area contributed by atoms with Crippen molar-refractivity contribution in [1.82, 2.24) is 4.90 Å². The van der Waals surface area contributed by atoms with Crippen molar-refractivity contribution in [2.24, 2.45) is 5.73 Å². The molecule has 0 radical (unpaired) electrons. The summed E-state index contributed by atoms with van der Waals surface area (Å²) in [6.45, 7) is 4.41. The van der Waals surface area contributed by atoms with E-state index in [2.05, 4.69) is 0 Å². The molecule has 1 heterocycles. The number of rotatable bonds is 5. The number of carbonyl (C=O) groups is 1. The number of ether oxygens (including phenoxy) is 1. The van der Waals surface area contributed by atoms with Gasteiger partial charge in [0, 0.05) is 25.3 Å². The van der Waals surface area contributed by atoms with Crippen LogP contribution in [-0.4, -0.2) is 43.2 Å². The standard InChI is InChI=1S/C16H23FN2O2.ClH/c1-12-9-13(11-14(17)10-12)16(20)19-6-3-15(4-7-19)21-8-2-5-18;/h9-11,15H,2-8,18H2,1H3;1H. The van der Waals surface area contributed by atoms with Gasteiger partial charge in [0.05, 0.1) is 6.10 Å². The zero-order valence-corrected chi connectivity index (χ0v) is 13.7. The highest BCUT2D eigenvalue weighted by atomic mass is 35.5. The van der Waals surface area contributed by atoms with Gasteiger partial charge in [0.15, 0.2) is 0 Å². The minimum atomic E-state index is -0.363. The van der Waals surface area contributed by atoms with Gasteiger partial charge in [0.2, 0.25) is 0 Å². The van der Waals surface area contributed by atoms with E-state index in [1.54, 1.807) is 17.9 Å². The first-order valence-electron chi connectivity index (χ1n) is 7.48. The Hall–Kier alpha value is -1.17. The Morgan fingerprint density at radius 3 is 2.64 bits per heavy atom. The lowest BCUT2D eigenvalue weighted by Gasteiger charge is -2.32. The summed E-state index contributed by atoms with van der Waals surface area (Å²) in [6.07, 6.45) is 2.71. The molecule has 0 spiro atoms. The Labute approximate surface area is 137 Å². The molecule has 1 aliphatic rings. The summed E-state index contributed by atoms with van der Waals surface area (Å²) < 4.78 is 19.1. The van der Waals surface area contributed by atoms with E-state index in [9.17, 15) is 9.18 Å². The van der Waals surface area contributed by atoms with Gasteiger partial charge < -0.3 is 15.4 Å². The summed E-state index contributed by atoms with van der Waals surface area (Å²) in [5, 5.41) is 0. The number of aryl methyl sites for hydroxylation is 1. The Kier molecular flexibility index (Phi) is 7.79. The second-order valence-electron chi connectivity index (χ2n) is 5.52. The molecule has 0 saturated carbocycles. The average Bonchev–Trinajstić information content (AvgIpc) is 2.46. The highest BCUT2D eigenvalue weighted by Crippen LogP contribution is 2.18. The van der Waals surface area contributed by atoms with E-state index in [0.29, 0.717) is 31.8 Å². The second-order valence-corrected chi connectivity index (χ2v) is 5.52. The number of nitrogens with two attached hydrogens (primary N) is 1. The summed E-state index contributed by atoms with van der Waals surface area (Å²) in [5.74, 6) is -0.462. The lowest BCUT2D eigenvalue weighted by atomic mass is 10.1. The number of piperidine rings is 1. The van der Waals surface area contributed by atoms with E-state index in [1.165, 1.54) is 12.1 Å². The Balaban J connectivity index is 0.00000242. The van der Waals surface area contributed by atoms with Crippen LogP contribution < -0.4 is 5.73 Å². The first kappa shape index (κ1) is 18.9. The van der Waals surface area contributed by atoms with Gasteiger partial charge in [0.25, 0.3) is 5.91 Å². The zero-order chi connectivity index (χ0) is 15.2. The van der Waals surface area contributed by atoms with Gasteiger partial charge in [-0.25, -0.2) is 4.39 Å². The fourth-order valence-corrected chi connectivity index (χ4v) is 2.60. The molecule has 6 heteroatoms. The Morgan fingerprint density at radius 1 is 1.36 bits per heavy atom. The van der Waals surface area contributed by atoms with Gasteiger partial charge >= 0.3 is 0 Å². The fourth-order valence-electron chi connectivity index (χ4n) is 2.60. The molecule has 4 nitrogen and oxygen atoms in total. The molecule has 0 aliphatic carbocycles. The van der Waals surface area contributed by atoms with Gasteiger partial charge in [-0.1, -0.05) is 0 Å². The zero-order valence-electron chi connectivity index (χ0n) is 12.9. The number of carbonyl (C=O) groups excluding carboxylic acids is 1. The van der Waals surface area contributed by atoms with Gasteiger partial charge in [-0.15, -0.1) is 12.4 Å². The number of hydrogen-bond donors (Lipinski definition) is 1. The molecule has 1 aliphatic heterocycles. The molecule has 1 saturated heterocycles. The molecule has 0 unspecified atom stereocenters. The first-order chi connectivity index (χ1) is 10.1. The molecule has 1 fully saturated rings. The quantitative estimate of drug-likeness (QED) is 0.844. The monoisotopic (exact) mass is 330 g/mol. The summed E-state index contributed by atoms with van der Waals surface area (Å²) in [4.78, 5) is 14.1. The van der Waals surface area contributed by atoms with Crippen LogP contribution in [0.15, 0.2) is 18.2 Å². The largest absolute Gasteiger partial charge is 0.378 e. The maximum Gasteiger partial charge on any atom is 0.253 e. The lowest BCUT2D eigenvalue weighted by molar-refractivity contribution is 0.00843. The molecule has 1 amide bonds. The molecule has 2 N–H and O–H groups in total. The smallest absolute Gasteiger partial charge is 0.253 e. The maximum atomic E-state index is 13.4. The second kappa shape index (κ2) is 9.08. The highest BCUT2D eigenvalue weighted by Gasteiger charge is 2.24. The molecule has 1 aromatic carbocycles. The lowest BCUT2D eigenvalue weighted by Crippen LogP contribution is -2.41. The van der Waals surface area contributed by atoms with Crippen molar-refractivity contribution in [1.29, 1.82) is 0 Å². The molecule has 0 aromatic heterocycles. The van der Waals surface area contributed by atoms with Crippen LogP contribution in [0.3, 0.4) is 0 Å². The van der Waals surface area contributed by atoms with E-state index in [1.807, 2.05) is 0 Å². The van der Waals surface area contributed by atoms with Crippen LogP contribution in [0.1, 0.15) is 35.2 Å². The van der Waals surface area contributed by atoms with Crippen molar-refractivity contribution in [2.75, 3.05) is 26.2 Å². The topological polar surface area (TPSA) is 55.6 Å². The van der Waals surface area contributed by atoms with Crippen LogP contribution in [0.5, 0.6) is 0 Å². The molecule has 0 atom stereocenters. The van der Waals surface area contributed by atoms with E-state index in [-0.39, 0.29) is 30.2 Å². The number of likely N-dealkylation sites (tertiary alicyclic amines) is 1. The minimum absolute atomic E-state index is 0. The van der Waals surface area contributed by atoms with Gasteiger partial charge in [-0.3, -0.25) is 4.79 Å². The normalized spacial score (nSPS) is 15.5. The number of benzene rings is 1. The molecule has 22 heavy (non-hydrogen) atoms. The molecule has 1 aromatic rings. The van der Waals surface area contributed by atoms with Crippen molar-refractivity contribution in [3.8, 4) is 0 Å². The van der Waals surface area contributed by atoms with E-state index < -0.39 is 0 Å². The molecular weight excluding hydrogens is 307 g/mol. The third kappa shape index (κ3) is 5.23. The maximum absolute atomic E-state index is 13.4. The first-order valence-corrected chi connectivity index (χ1v) is 7.48. The summed E-state index contributed by atoms with van der Waals surface area (Å²) >= 11 is 0. The Morgan fingerprint density at radius 2 is 2.05 bits per heavy atom. The fraction of sp³-hybridized carbons (Fsp3) is 0.562. The molecule has 124 valence electrons. The van der Waals surface area contributed by atoms with Crippen LogP contribution in [-0.2, 0) is 4.74 Å². The molecule has 2 rings (SSSR count). The van der Waals surface area contributed by atoms with Crippen LogP contribution >= 0.6 is 12.4 Å². The van der Waals surface area contributed by atoms with Gasteiger partial charge in [-0.2, -0.15) is 0 Å². The highest BCUT2D eigenvalue weighted by molar-refractivity contribution is 5.94. The number of amides is 1. The van der Waals surface area contributed by atoms with E-state index in [0.717, 1.165) is 24.8 Å². The number of nitrogens with zero attached hydrogens (tertiary/aromatic N) is 1.